The van der Waals surface area contributed by atoms with E-state index in [-0.39, 0.29) is 5.91 Å². The Morgan fingerprint density at radius 2 is 1.70 bits per heavy atom. The summed E-state index contributed by atoms with van der Waals surface area (Å²) in [5, 5.41) is 22.0. The molecule has 4 aromatic rings. The van der Waals surface area contributed by atoms with Gasteiger partial charge in [0, 0.05) is 36.1 Å². The number of fused-ring (bicyclic) bond motifs is 1. The number of nitrogens with zero attached hydrogens (tertiary/aromatic N) is 3. The number of aromatic nitrogens is 2. The van der Waals surface area contributed by atoms with Gasteiger partial charge in [0.25, 0.3) is 5.91 Å². The zero-order valence-electron chi connectivity index (χ0n) is 19.8. The van der Waals surface area contributed by atoms with Crippen molar-refractivity contribution in [3.8, 4) is 6.07 Å². The number of carbonyl (C=O) groups is 2. The van der Waals surface area contributed by atoms with Crippen LogP contribution in [0.5, 0.6) is 0 Å². The number of pyridine rings is 1. The summed E-state index contributed by atoms with van der Waals surface area (Å²) >= 11 is 0. The molecule has 0 aliphatic carbocycles. The Kier molecular flexibility index (Phi) is 8.64. The van der Waals surface area contributed by atoms with Crippen LogP contribution < -0.4 is 15.0 Å². The van der Waals surface area contributed by atoms with E-state index in [4.69, 9.17) is 9.90 Å². The molecular formula is C27H23F3N4O3. The second-order valence-electron chi connectivity index (χ2n) is 8.15. The second-order valence-corrected chi connectivity index (χ2v) is 8.15. The van der Waals surface area contributed by atoms with Gasteiger partial charge in [0.2, 0.25) is 0 Å². The van der Waals surface area contributed by atoms with Crippen molar-refractivity contribution in [3.63, 3.8) is 0 Å². The molecule has 1 amide bonds. The molecular weight excluding hydrogens is 485 g/mol. The fourth-order valence-electron chi connectivity index (χ4n) is 3.60. The molecule has 0 aliphatic heterocycles. The van der Waals surface area contributed by atoms with Crippen molar-refractivity contribution in [1.29, 1.82) is 5.26 Å². The average Bonchev–Trinajstić information content (AvgIpc) is 3.23. The highest BCUT2D eigenvalue weighted by Gasteiger charge is 2.28. The van der Waals surface area contributed by atoms with Gasteiger partial charge < -0.3 is 19.8 Å². The van der Waals surface area contributed by atoms with Gasteiger partial charge in [-0.2, -0.15) is 18.4 Å². The van der Waals surface area contributed by atoms with E-state index in [1.165, 1.54) is 5.56 Å². The largest absolute Gasteiger partial charge is 0.542 e. The van der Waals surface area contributed by atoms with Crippen LogP contribution in [0.3, 0.4) is 0 Å². The van der Waals surface area contributed by atoms with Gasteiger partial charge >= 0.3 is 6.18 Å². The van der Waals surface area contributed by atoms with Crippen molar-refractivity contribution >= 4 is 22.8 Å². The summed E-state index contributed by atoms with van der Waals surface area (Å²) in [6, 6.07) is 23.7. The fourth-order valence-corrected chi connectivity index (χ4v) is 3.60. The minimum atomic E-state index is -5.19. The number of nitrogens with one attached hydrogen (secondary N) is 1. The summed E-state index contributed by atoms with van der Waals surface area (Å²) in [4.78, 5) is 21.8. The third-order valence-electron chi connectivity index (χ3n) is 5.42. The van der Waals surface area contributed by atoms with Gasteiger partial charge in [-0.05, 0) is 41.8 Å². The molecule has 0 saturated heterocycles. The first-order chi connectivity index (χ1) is 17.6. The summed E-state index contributed by atoms with van der Waals surface area (Å²) in [6.07, 6.45) is -0.411. The average molecular weight is 509 g/mol. The predicted molar refractivity (Wildman–Crippen MR) is 127 cm³/mol. The summed E-state index contributed by atoms with van der Waals surface area (Å²) in [5.41, 5.74) is 4.41. The predicted octanol–water partition coefficient (Wildman–Crippen LogP) is 2.66. The molecule has 2 aromatic carbocycles. The fraction of sp³-hybridized carbons (Fsp3) is 0.185. The number of aliphatic carboxylic acids is 1. The van der Waals surface area contributed by atoms with Crippen LogP contribution in [0.1, 0.15) is 27.2 Å². The number of amides is 1. The van der Waals surface area contributed by atoms with Gasteiger partial charge in [-0.25, -0.2) is 4.57 Å². The van der Waals surface area contributed by atoms with Gasteiger partial charge in [0.15, 0.2) is 12.4 Å². The van der Waals surface area contributed by atoms with Gasteiger partial charge in [-0.3, -0.25) is 4.79 Å². The standard InChI is InChI=1S/C25H22N4O.C2HF3O2/c1-28-13-10-19(11-14-28)9-12-27-25(30)24-16-22-7-2-3-8-23(22)29(24)18-21-6-4-5-20(15-21)17-26;3-2(4,5)1(6)7/h2-8,10-11,13-16H,9,12,18H2,1H3;(H,6,7). The molecule has 0 radical (unpaired) electrons. The second kappa shape index (κ2) is 11.9. The Hall–Kier alpha value is -4.65. The number of alkyl halides is 3. The summed E-state index contributed by atoms with van der Waals surface area (Å²) in [6.45, 7) is 1.10. The maximum absolute atomic E-state index is 13.0. The zero-order chi connectivity index (χ0) is 27.0. The number of aryl methyl sites for hydroxylation is 1. The van der Waals surface area contributed by atoms with E-state index < -0.39 is 12.1 Å². The van der Waals surface area contributed by atoms with Crippen molar-refractivity contribution in [1.82, 2.24) is 9.88 Å². The minimum absolute atomic E-state index is 0.0934. The summed E-state index contributed by atoms with van der Waals surface area (Å²) in [5.74, 6) is -3.10. The molecule has 0 aliphatic rings. The highest BCUT2D eigenvalue weighted by molar-refractivity contribution is 5.98. The van der Waals surface area contributed by atoms with Crippen LogP contribution in [0.25, 0.3) is 10.9 Å². The number of carbonyl (C=O) groups excluding carboxylic acids is 2. The van der Waals surface area contributed by atoms with Gasteiger partial charge in [0.05, 0.1) is 11.6 Å². The molecule has 2 heterocycles. The number of benzene rings is 2. The molecule has 7 nitrogen and oxygen atoms in total. The molecule has 0 fully saturated rings. The molecule has 10 heteroatoms. The van der Waals surface area contributed by atoms with Crippen molar-refractivity contribution in [2.75, 3.05) is 6.54 Å². The van der Waals surface area contributed by atoms with Gasteiger partial charge in [-0.15, -0.1) is 0 Å². The summed E-state index contributed by atoms with van der Waals surface area (Å²) < 4.78 is 35.6. The zero-order valence-corrected chi connectivity index (χ0v) is 19.8. The van der Waals surface area contributed by atoms with Crippen LogP contribution >= 0.6 is 0 Å². The first kappa shape index (κ1) is 26.9. The lowest BCUT2D eigenvalue weighted by atomic mass is 10.1. The lowest BCUT2D eigenvalue weighted by molar-refractivity contribution is -0.671. The lowest BCUT2D eigenvalue weighted by Crippen LogP contribution is -2.37. The molecule has 2 aromatic heterocycles. The van der Waals surface area contributed by atoms with E-state index in [9.17, 15) is 23.2 Å². The third-order valence-corrected chi connectivity index (χ3v) is 5.42. The highest BCUT2D eigenvalue weighted by atomic mass is 19.4. The van der Waals surface area contributed by atoms with E-state index in [0.717, 1.165) is 22.9 Å². The Morgan fingerprint density at radius 3 is 2.35 bits per heavy atom. The first-order valence-electron chi connectivity index (χ1n) is 11.2. The first-order valence-corrected chi connectivity index (χ1v) is 11.2. The molecule has 190 valence electrons. The van der Waals surface area contributed by atoms with Crippen molar-refractivity contribution in [3.05, 3.63) is 102 Å². The molecule has 37 heavy (non-hydrogen) atoms. The van der Waals surface area contributed by atoms with Crippen LogP contribution in [0.4, 0.5) is 13.2 Å². The normalized spacial score (nSPS) is 10.8. The number of hydrogen-bond donors (Lipinski definition) is 1. The van der Waals surface area contributed by atoms with Crippen molar-refractivity contribution < 1.29 is 32.4 Å². The van der Waals surface area contributed by atoms with Crippen molar-refractivity contribution in [2.45, 2.75) is 19.1 Å². The van der Waals surface area contributed by atoms with Crippen molar-refractivity contribution in [2.24, 2.45) is 7.05 Å². The number of carboxylic acid groups (broad SMARTS) is 1. The smallest absolute Gasteiger partial charge is 0.430 e. The van der Waals surface area contributed by atoms with E-state index in [1.54, 1.807) is 6.07 Å². The SMILES string of the molecule is C[n+]1ccc(CCNC(=O)c2cc3ccccc3n2Cc2cccc(C#N)c2)cc1.O=C([O-])C(F)(F)F. The van der Waals surface area contributed by atoms with Crippen LogP contribution in [0.2, 0.25) is 0 Å². The van der Waals surface area contributed by atoms with E-state index in [2.05, 4.69) is 23.5 Å². The Labute approximate surface area is 211 Å². The monoisotopic (exact) mass is 508 g/mol. The lowest BCUT2D eigenvalue weighted by Gasteiger charge is -2.12. The number of halogens is 3. The van der Waals surface area contributed by atoms with Crippen LogP contribution in [0, 0.1) is 11.3 Å². The quantitative estimate of drug-likeness (QED) is 0.405. The minimum Gasteiger partial charge on any atom is -0.542 e. The number of rotatable bonds is 6. The van der Waals surface area contributed by atoms with Gasteiger partial charge in [-0.1, -0.05) is 30.3 Å². The number of nitriles is 1. The molecule has 0 saturated carbocycles. The summed E-state index contributed by atoms with van der Waals surface area (Å²) in [7, 11) is 1.98. The number of carboxylic acids is 1. The van der Waals surface area contributed by atoms with Crippen LogP contribution in [-0.4, -0.2) is 29.2 Å². The van der Waals surface area contributed by atoms with Crippen LogP contribution in [0.15, 0.2) is 79.1 Å². The number of hydrogen-bond acceptors (Lipinski definition) is 4. The van der Waals surface area contributed by atoms with E-state index in [1.807, 2.05) is 77.1 Å². The van der Waals surface area contributed by atoms with Gasteiger partial charge in [0.1, 0.15) is 18.7 Å². The molecule has 0 atom stereocenters. The third kappa shape index (κ3) is 7.41. The maximum atomic E-state index is 13.0. The van der Waals surface area contributed by atoms with E-state index >= 15 is 0 Å². The molecule has 0 bridgehead atoms. The molecule has 0 unspecified atom stereocenters. The highest BCUT2D eigenvalue weighted by Crippen LogP contribution is 2.22. The Balaban J connectivity index is 0.000000479. The number of para-hydroxylation sites is 1. The molecule has 0 spiro atoms. The molecule has 4 rings (SSSR count). The molecule has 1 N–H and O–H groups in total. The Bertz CT molecular complexity index is 1440. The van der Waals surface area contributed by atoms with Crippen LogP contribution in [-0.2, 0) is 24.8 Å². The van der Waals surface area contributed by atoms with E-state index in [0.29, 0.717) is 24.3 Å². The Morgan fingerprint density at radius 1 is 1.03 bits per heavy atom. The maximum Gasteiger partial charge on any atom is 0.430 e. The topological polar surface area (TPSA) is 102 Å².